The molecule has 0 N–H and O–H groups in total. The number of carbonyl (C=O) groups is 1. The summed E-state index contributed by atoms with van der Waals surface area (Å²) in [5.74, 6) is -2.03. The average molecular weight is 290 g/mol. The third-order valence-corrected chi connectivity index (χ3v) is 3.43. The summed E-state index contributed by atoms with van der Waals surface area (Å²) in [4.78, 5) is 11.2. The van der Waals surface area contributed by atoms with Crippen molar-refractivity contribution in [2.75, 3.05) is 5.75 Å². The number of carbonyl (C=O) groups excluding carboxylic acids is 1. The zero-order valence-corrected chi connectivity index (χ0v) is 11.9. The summed E-state index contributed by atoms with van der Waals surface area (Å²) in [6.07, 6.45) is -0.111. The summed E-state index contributed by atoms with van der Waals surface area (Å²) in [5, 5.41) is 0. The van der Waals surface area contributed by atoms with Gasteiger partial charge in [-0.05, 0) is 39.0 Å². The Kier molecular flexibility index (Phi) is 5.17. The van der Waals surface area contributed by atoms with Gasteiger partial charge in [0.2, 0.25) is 0 Å². The van der Waals surface area contributed by atoms with Crippen molar-refractivity contribution in [3.05, 3.63) is 29.8 Å². The highest BCUT2D eigenvalue weighted by Gasteiger charge is 2.18. The minimum absolute atomic E-state index is 0.102. The smallest absolute Gasteiger partial charge is 0.307 e. The molecule has 0 aromatic heterocycles. The van der Waals surface area contributed by atoms with Crippen LogP contribution >= 0.6 is 0 Å². The standard InChI is InChI=1S/C13H16F2O3S/c1-13(2,3)18-12(16)6-7-19(17)11-8-9(14)4-5-10(11)15/h4-5,8H,6-7H2,1-3H3. The van der Waals surface area contributed by atoms with E-state index in [1.807, 2.05) is 0 Å². The normalized spacial score (nSPS) is 13.1. The molecular formula is C13H16F2O3S. The third kappa shape index (κ3) is 5.46. The lowest BCUT2D eigenvalue weighted by Gasteiger charge is -2.19. The first-order valence-corrected chi connectivity index (χ1v) is 7.06. The summed E-state index contributed by atoms with van der Waals surface area (Å²) in [5.41, 5.74) is -0.622. The fourth-order valence-electron chi connectivity index (χ4n) is 1.33. The van der Waals surface area contributed by atoms with Gasteiger partial charge in [0.1, 0.15) is 17.2 Å². The van der Waals surface area contributed by atoms with E-state index in [4.69, 9.17) is 4.74 Å². The number of esters is 1. The van der Waals surface area contributed by atoms with Crippen LogP contribution in [0.3, 0.4) is 0 Å². The van der Waals surface area contributed by atoms with E-state index in [1.54, 1.807) is 20.8 Å². The maximum Gasteiger partial charge on any atom is 0.307 e. The van der Waals surface area contributed by atoms with Gasteiger partial charge in [-0.1, -0.05) is 0 Å². The van der Waals surface area contributed by atoms with Gasteiger partial charge in [-0.3, -0.25) is 9.00 Å². The van der Waals surface area contributed by atoms with Crippen LogP contribution in [0.2, 0.25) is 0 Å². The maximum atomic E-state index is 13.3. The molecular weight excluding hydrogens is 274 g/mol. The number of ether oxygens (including phenoxy) is 1. The lowest BCUT2D eigenvalue weighted by atomic mass is 10.2. The van der Waals surface area contributed by atoms with E-state index in [9.17, 15) is 17.8 Å². The van der Waals surface area contributed by atoms with E-state index >= 15 is 0 Å². The average Bonchev–Trinajstić information content (AvgIpc) is 2.27. The van der Waals surface area contributed by atoms with Crippen LogP contribution in [0.4, 0.5) is 8.78 Å². The van der Waals surface area contributed by atoms with Crippen molar-refractivity contribution < 1.29 is 22.5 Å². The van der Waals surface area contributed by atoms with Crippen molar-refractivity contribution in [3.8, 4) is 0 Å². The van der Waals surface area contributed by atoms with Crippen LogP contribution in [-0.4, -0.2) is 21.5 Å². The second kappa shape index (κ2) is 6.23. The van der Waals surface area contributed by atoms with Crippen LogP contribution in [0.1, 0.15) is 27.2 Å². The zero-order valence-electron chi connectivity index (χ0n) is 11.0. The van der Waals surface area contributed by atoms with Crippen molar-refractivity contribution in [3.63, 3.8) is 0 Å². The van der Waals surface area contributed by atoms with E-state index in [1.165, 1.54) is 0 Å². The van der Waals surface area contributed by atoms with Gasteiger partial charge in [0, 0.05) is 5.75 Å². The van der Waals surface area contributed by atoms with E-state index < -0.39 is 34.0 Å². The van der Waals surface area contributed by atoms with Crippen molar-refractivity contribution in [1.29, 1.82) is 0 Å². The largest absolute Gasteiger partial charge is 0.460 e. The Morgan fingerprint density at radius 1 is 1.32 bits per heavy atom. The molecule has 1 rings (SSSR count). The molecule has 0 heterocycles. The fraction of sp³-hybridized carbons (Fsp3) is 0.462. The van der Waals surface area contributed by atoms with Crippen molar-refractivity contribution in [1.82, 2.24) is 0 Å². The van der Waals surface area contributed by atoms with Crippen LogP contribution in [0.25, 0.3) is 0 Å². The predicted molar refractivity (Wildman–Crippen MR) is 68.1 cm³/mol. The van der Waals surface area contributed by atoms with Gasteiger partial charge in [-0.25, -0.2) is 8.78 Å². The third-order valence-electron chi connectivity index (χ3n) is 2.05. The second-order valence-electron chi connectivity index (χ2n) is 4.96. The molecule has 0 spiro atoms. The number of hydrogen-bond donors (Lipinski definition) is 0. The Morgan fingerprint density at radius 3 is 2.53 bits per heavy atom. The number of benzene rings is 1. The lowest BCUT2D eigenvalue weighted by Crippen LogP contribution is -2.24. The monoisotopic (exact) mass is 290 g/mol. The molecule has 0 aliphatic heterocycles. The molecule has 1 atom stereocenters. The minimum Gasteiger partial charge on any atom is -0.460 e. The molecule has 0 aliphatic carbocycles. The summed E-state index contributed by atoms with van der Waals surface area (Å²) >= 11 is 0. The molecule has 1 aromatic carbocycles. The molecule has 1 aromatic rings. The Hall–Kier alpha value is -1.30. The van der Waals surface area contributed by atoms with Crippen LogP contribution < -0.4 is 0 Å². The predicted octanol–water partition coefficient (Wildman–Crippen LogP) is 2.80. The van der Waals surface area contributed by atoms with E-state index in [0.717, 1.165) is 18.2 Å². The van der Waals surface area contributed by atoms with Crippen LogP contribution in [0.5, 0.6) is 0 Å². The van der Waals surface area contributed by atoms with Crippen molar-refractivity contribution >= 4 is 16.8 Å². The van der Waals surface area contributed by atoms with Crippen molar-refractivity contribution in [2.24, 2.45) is 0 Å². The first kappa shape index (κ1) is 15.8. The molecule has 0 fully saturated rings. The second-order valence-corrected chi connectivity index (χ2v) is 6.50. The molecule has 1 unspecified atom stereocenters. The van der Waals surface area contributed by atoms with Gasteiger partial charge in [0.15, 0.2) is 0 Å². The molecule has 0 radical (unpaired) electrons. The van der Waals surface area contributed by atoms with Crippen LogP contribution in [0, 0.1) is 11.6 Å². The highest BCUT2D eigenvalue weighted by Crippen LogP contribution is 2.15. The zero-order chi connectivity index (χ0) is 14.6. The molecule has 19 heavy (non-hydrogen) atoms. The first-order valence-electron chi connectivity index (χ1n) is 5.74. The Bertz CT molecular complexity index is 495. The molecule has 0 bridgehead atoms. The summed E-state index contributed by atoms with van der Waals surface area (Å²) in [7, 11) is -1.77. The first-order chi connectivity index (χ1) is 8.69. The van der Waals surface area contributed by atoms with E-state index in [-0.39, 0.29) is 17.1 Å². The van der Waals surface area contributed by atoms with Gasteiger partial charge >= 0.3 is 5.97 Å². The Balaban J connectivity index is 2.61. The van der Waals surface area contributed by atoms with Gasteiger partial charge in [0.25, 0.3) is 0 Å². The summed E-state index contributed by atoms with van der Waals surface area (Å²) in [6.45, 7) is 5.15. The number of rotatable bonds is 4. The van der Waals surface area contributed by atoms with Crippen LogP contribution in [-0.2, 0) is 20.3 Å². The van der Waals surface area contributed by atoms with E-state index in [0.29, 0.717) is 0 Å². The van der Waals surface area contributed by atoms with Crippen LogP contribution in [0.15, 0.2) is 23.1 Å². The quantitative estimate of drug-likeness (QED) is 0.801. The van der Waals surface area contributed by atoms with Gasteiger partial charge in [-0.15, -0.1) is 0 Å². The topological polar surface area (TPSA) is 43.4 Å². The molecule has 6 heteroatoms. The highest BCUT2D eigenvalue weighted by molar-refractivity contribution is 7.85. The number of halogens is 2. The van der Waals surface area contributed by atoms with E-state index in [2.05, 4.69) is 0 Å². The summed E-state index contributed by atoms with van der Waals surface area (Å²) in [6, 6.07) is 2.74. The molecule has 0 aliphatic rings. The van der Waals surface area contributed by atoms with Gasteiger partial charge in [-0.2, -0.15) is 0 Å². The molecule has 3 nitrogen and oxygen atoms in total. The Labute approximate surface area is 113 Å². The van der Waals surface area contributed by atoms with Crippen molar-refractivity contribution in [2.45, 2.75) is 37.7 Å². The lowest BCUT2D eigenvalue weighted by molar-refractivity contribution is -0.154. The SMILES string of the molecule is CC(C)(C)OC(=O)CCS(=O)c1cc(F)ccc1F. The highest BCUT2D eigenvalue weighted by atomic mass is 32.2. The van der Waals surface area contributed by atoms with Gasteiger partial charge < -0.3 is 4.74 Å². The molecule has 106 valence electrons. The minimum atomic E-state index is -1.77. The summed E-state index contributed by atoms with van der Waals surface area (Å²) < 4.78 is 43.1. The molecule has 0 amide bonds. The number of hydrogen-bond acceptors (Lipinski definition) is 3. The molecule has 0 saturated heterocycles. The molecule has 0 saturated carbocycles. The maximum absolute atomic E-state index is 13.3. The van der Waals surface area contributed by atoms with Gasteiger partial charge in [0.05, 0.1) is 22.1 Å². The fourth-order valence-corrected chi connectivity index (χ4v) is 2.43. The Morgan fingerprint density at radius 2 is 1.95 bits per heavy atom.